The largest absolute Gasteiger partial charge is 0.519 e. The van der Waals surface area contributed by atoms with Crippen LogP contribution in [0.3, 0.4) is 0 Å². The second kappa shape index (κ2) is 11.8. The highest BCUT2D eigenvalue weighted by atomic mass is 28.4. The number of rotatable bonds is 11. The summed E-state index contributed by atoms with van der Waals surface area (Å²) in [5, 5.41) is 3.76. The molecule has 0 heterocycles. The monoisotopic (exact) mass is 488 g/mol. The van der Waals surface area contributed by atoms with E-state index in [1.165, 1.54) is 0 Å². The van der Waals surface area contributed by atoms with Gasteiger partial charge in [0.25, 0.3) is 0 Å². The van der Waals surface area contributed by atoms with Gasteiger partial charge in [-0.2, -0.15) is 0 Å². The summed E-state index contributed by atoms with van der Waals surface area (Å²) >= 11 is 0. The Labute approximate surface area is 209 Å². The second-order valence-electron chi connectivity index (χ2n) is 9.53. The molecule has 0 saturated heterocycles. The summed E-state index contributed by atoms with van der Waals surface area (Å²) in [5.74, 6) is -0.201. The number of carbonyl (C=O) groups is 1. The number of hydrogen-bond acceptors (Lipinski definition) is 4. The number of nitrogens with zero attached hydrogens (tertiary/aromatic N) is 1. The number of nitrogens with two attached hydrogens (primary N) is 2. The fourth-order valence-electron chi connectivity index (χ4n) is 4.20. The van der Waals surface area contributed by atoms with Gasteiger partial charge < -0.3 is 15.9 Å². The first-order valence-corrected chi connectivity index (χ1v) is 15.4. The van der Waals surface area contributed by atoms with Crippen LogP contribution in [0.15, 0.2) is 96.0 Å². The molecule has 3 aromatic rings. The van der Waals surface area contributed by atoms with Gasteiger partial charge in [-0.25, -0.2) is 0 Å². The van der Waals surface area contributed by atoms with Gasteiger partial charge in [0.05, 0.1) is 5.54 Å². The van der Waals surface area contributed by atoms with Crippen LogP contribution in [0.1, 0.15) is 29.5 Å². The summed E-state index contributed by atoms with van der Waals surface area (Å²) in [6.07, 6.45) is 1.15. The molecule has 0 amide bonds. The number of hydrogen-bond donors (Lipinski definition) is 3. The molecule has 6 nitrogen and oxygen atoms in total. The summed E-state index contributed by atoms with van der Waals surface area (Å²) in [6.45, 7) is 6.48. The quantitative estimate of drug-likeness (QED) is 0.122. The molecule has 3 aromatic carbocycles. The Morgan fingerprint density at radius 1 is 0.857 bits per heavy atom. The Kier molecular flexibility index (Phi) is 8.84. The predicted molar refractivity (Wildman–Crippen MR) is 145 cm³/mol. The van der Waals surface area contributed by atoms with Gasteiger partial charge in [0.2, 0.25) is 8.32 Å². The van der Waals surface area contributed by atoms with E-state index >= 15 is 0 Å². The second-order valence-corrected chi connectivity index (χ2v) is 14.0. The van der Waals surface area contributed by atoms with E-state index in [2.05, 4.69) is 46.7 Å². The first-order valence-electron chi connectivity index (χ1n) is 11.9. The van der Waals surface area contributed by atoms with Crippen LogP contribution in [0.5, 0.6) is 0 Å². The molecule has 0 radical (unpaired) electrons. The Hall–Kier alpha value is -3.42. The maximum Gasteiger partial charge on any atom is 0.309 e. The van der Waals surface area contributed by atoms with Crippen molar-refractivity contribution in [2.24, 2.45) is 16.5 Å². The molecule has 0 fully saturated rings. The molecule has 7 heteroatoms. The number of guanidine groups is 1. The van der Waals surface area contributed by atoms with Crippen LogP contribution < -0.4 is 16.8 Å². The van der Waals surface area contributed by atoms with Crippen LogP contribution >= 0.6 is 0 Å². The van der Waals surface area contributed by atoms with E-state index in [1.54, 1.807) is 0 Å². The first kappa shape index (κ1) is 26.2. The lowest BCUT2D eigenvalue weighted by Crippen LogP contribution is -2.54. The highest BCUT2D eigenvalue weighted by Crippen LogP contribution is 2.37. The van der Waals surface area contributed by atoms with Crippen LogP contribution in [-0.4, -0.2) is 32.8 Å². The summed E-state index contributed by atoms with van der Waals surface area (Å²) < 4.78 is 5.98. The molecular weight excluding hydrogens is 452 g/mol. The first-order chi connectivity index (χ1) is 16.7. The van der Waals surface area contributed by atoms with E-state index < -0.39 is 19.9 Å². The van der Waals surface area contributed by atoms with Crippen LogP contribution in [0.4, 0.5) is 0 Å². The van der Waals surface area contributed by atoms with Gasteiger partial charge >= 0.3 is 5.97 Å². The minimum atomic E-state index is -2.12. The third-order valence-electron chi connectivity index (χ3n) is 5.65. The molecule has 0 saturated carbocycles. The molecular formula is C28H36N4O2Si. The number of nitrogens with one attached hydrogen (secondary N) is 1. The average Bonchev–Trinajstić information content (AvgIpc) is 2.84. The van der Waals surface area contributed by atoms with Crippen LogP contribution in [0.25, 0.3) is 0 Å². The molecule has 0 spiro atoms. The zero-order valence-corrected chi connectivity index (χ0v) is 21.8. The van der Waals surface area contributed by atoms with Crippen molar-refractivity contribution >= 4 is 20.2 Å². The molecule has 5 N–H and O–H groups in total. The molecule has 0 bridgehead atoms. The fourth-order valence-corrected chi connectivity index (χ4v) is 4.95. The topological polar surface area (TPSA) is 103 Å². The zero-order chi connectivity index (χ0) is 25.3. The minimum Gasteiger partial charge on any atom is -0.519 e. The smallest absolute Gasteiger partial charge is 0.309 e. The standard InChI is InChI=1S/C28H36N4O2Si/c1-35(2,3)34-26(33)25(20-13-21-31-27(29)30)32-28(22-14-7-4-8-15-22,23-16-9-5-10-17-23)24-18-11-6-12-19-24/h4-12,14-19,25,32H,13,20-21H2,1-3H3,(H4,29,30,31). The fraction of sp³-hybridized carbons (Fsp3) is 0.286. The summed E-state index contributed by atoms with van der Waals surface area (Å²) in [6, 6.07) is 30.1. The molecule has 35 heavy (non-hydrogen) atoms. The van der Waals surface area contributed by atoms with Crippen LogP contribution in [0.2, 0.25) is 19.6 Å². The van der Waals surface area contributed by atoms with E-state index in [9.17, 15) is 4.79 Å². The van der Waals surface area contributed by atoms with E-state index in [0.29, 0.717) is 19.4 Å². The lowest BCUT2D eigenvalue weighted by atomic mass is 9.76. The van der Waals surface area contributed by atoms with Gasteiger partial charge in [-0.3, -0.25) is 15.1 Å². The molecule has 0 aliphatic rings. The zero-order valence-electron chi connectivity index (χ0n) is 20.8. The van der Waals surface area contributed by atoms with Gasteiger partial charge in [0.15, 0.2) is 5.96 Å². The molecule has 1 atom stereocenters. The summed E-state index contributed by atoms with van der Waals surface area (Å²) in [5.41, 5.74) is 13.3. The maximum absolute atomic E-state index is 13.5. The van der Waals surface area contributed by atoms with Crippen molar-refractivity contribution in [3.8, 4) is 0 Å². The Bertz CT molecular complexity index is 999. The van der Waals surface area contributed by atoms with E-state index in [1.807, 2.05) is 74.2 Å². The summed E-state index contributed by atoms with van der Waals surface area (Å²) in [7, 11) is -2.12. The Balaban J connectivity index is 2.14. The van der Waals surface area contributed by atoms with Crippen LogP contribution in [-0.2, 0) is 14.8 Å². The van der Waals surface area contributed by atoms with Crippen molar-refractivity contribution < 1.29 is 9.22 Å². The molecule has 0 aliphatic carbocycles. The van der Waals surface area contributed by atoms with Gasteiger partial charge in [0, 0.05) is 6.54 Å². The van der Waals surface area contributed by atoms with Gasteiger partial charge in [-0.05, 0) is 49.2 Å². The highest BCUT2D eigenvalue weighted by molar-refractivity contribution is 6.71. The van der Waals surface area contributed by atoms with Crippen molar-refractivity contribution in [1.29, 1.82) is 0 Å². The molecule has 184 valence electrons. The third-order valence-corrected chi connectivity index (χ3v) is 6.46. The normalized spacial score (nSPS) is 12.5. The molecule has 0 aromatic heterocycles. The molecule has 0 aliphatic heterocycles. The Morgan fingerprint density at radius 2 is 1.29 bits per heavy atom. The Morgan fingerprint density at radius 3 is 1.66 bits per heavy atom. The third kappa shape index (κ3) is 7.04. The number of benzene rings is 3. The number of aliphatic imine (C=N–C) groups is 1. The van der Waals surface area contributed by atoms with Crippen molar-refractivity contribution in [3.05, 3.63) is 108 Å². The SMILES string of the molecule is C[Si](C)(C)OC(=O)C(CCCN=C(N)N)NC(c1ccccc1)(c1ccccc1)c1ccccc1. The molecule has 3 rings (SSSR count). The van der Waals surface area contributed by atoms with Gasteiger partial charge in [0.1, 0.15) is 6.04 Å². The van der Waals surface area contributed by atoms with Crippen molar-refractivity contribution in [2.45, 2.75) is 44.1 Å². The average molecular weight is 489 g/mol. The predicted octanol–water partition coefficient (Wildman–Crippen LogP) is 4.37. The van der Waals surface area contributed by atoms with E-state index in [0.717, 1.165) is 16.7 Å². The lowest BCUT2D eigenvalue weighted by Gasteiger charge is -2.40. The maximum atomic E-state index is 13.5. The van der Waals surface area contributed by atoms with Crippen molar-refractivity contribution in [2.75, 3.05) is 6.54 Å². The minimum absolute atomic E-state index is 0.0476. The highest BCUT2D eigenvalue weighted by Gasteiger charge is 2.40. The van der Waals surface area contributed by atoms with Gasteiger partial charge in [-0.15, -0.1) is 0 Å². The van der Waals surface area contributed by atoms with Crippen LogP contribution in [0, 0.1) is 0 Å². The van der Waals surface area contributed by atoms with Gasteiger partial charge in [-0.1, -0.05) is 91.0 Å². The molecule has 1 unspecified atom stereocenters. The van der Waals surface area contributed by atoms with E-state index in [-0.39, 0.29) is 11.9 Å². The van der Waals surface area contributed by atoms with Crippen molar-refractivity contribution in [1.82, 2.24) is 5.32 Å². The summed E-state index contributed by atoms with van der Waals surface area (Å²) in [4.78, 5) is 17.6. The number of carbonyl (C=O) groups excluding carboxylic acids is 1. The van der Waals surface area contributed by atoms with Crippen molar-refractivity contribution in [3.63, 3.8) is 0 Å². The van der Waals surface area contributed by atoms with E-state index in [4.69, 9.17) is 15.9 Å². The lowest BCUT2D eigenvalue weighted by molar-refractivity contribution is -0.138.